The van der Waals surface area contributed by atoms with E-state index in [1.807, 2.05) is 0 Å². The Morgan fingerprint density at radius 1 is 1.04 bits per heavy atom. The van der Waals surface area contributed by atoms with Crippen molar-refractivity contribution >= 4 is 17.5 Å². The van der Waals surface area contributed by atoms with E-state index in [1.165, 1.54) is 32.4 Å². The number of amides is 2. The number of carbonyl (C=O) groups is 2. The Labute approximate surface area is 156 Å². The molecule has 0 aromatic heterocycles. The molecule has 0 aliphatic carbocycles. The predicted molar refractivity (Wildman–Crippen MR) is 98.6 cm³/mol. The van der Waals surface area contributed by atoms with Gasteiger partial charge in [-0.1, -0.05) is 6.07 Å². The molecular formula is C19H20FN3O4. The van der Waals surface area contributed by atoms with Crippen LogP contribution >= 0.6 is 0 Å². The molecule has 2 aromatic rings. The summed E-state index contributed by atoms with van der Waals surface area (Å²) in [6.45, 7) is 1.42. The number of ether oxygens (including phenoxy) is 2. The van der Waals surface area contributed by atoms with Gasteiger partial charge < -0.3 is 14.8 Å². The molecule has 0 unspecified atom stereocenters. The number of hydrazone groups is 1. The number of halogens is 1. The number of hydrogen-bond acceptors (Lipinski definition) is 5. The molecule has 0 saturated heterocycles. The van der Waals surface area contributed by atoms with E-state index in [4.69, 9.17) is 9.47 Å². The van der Waals surface area contributed by atoms with E-state index in [0.717, 1.165) is 11.6 Å². The summed E-state index contributed by atoms with van der Waals surface area (Å²) in [6.07, 6.45) is 0. The van der Waals surface area contributed by atoms with Crippen LogP contribution in [0.2, 0.25) is 0 Å². The molecule has 0 atom stereocenters. The number of methoxy groups -OCH3 is 2. The third-order valence-electron chi connectivity index (χ3n) is 3.65. The quantitative estimate of drug-likeness (QED) is 0.575. The highest BCUT2D eigenvalue weighted by Gasteiger charge is 2.09. The van der Waals surface area contributed by atoms with Gasteiger partial charge in [-0.15, -0.1) is 0 Å². The van der Waals surface area contributed by atoms with Crippen molar-refractivity contribution in [2.45, 2.75) is 6.92 Å². The van der Waals surface area contributed by atoms with Crippen molar-refractivity contribution in [2.75, 3.05) is 20.8 Å². The van der Waals surface area contributed by atoms with Crippen LogP contribution in [-0.4, -0.2) is 38.3 Å². The molecule has 2 rings (SSSR count). The Kier molecular flexibility index (Phi) is 6.87. The fourth-order valence-corrected chi connectivity index (χ4v) is 2.20. The standard InChI is InChI=1S/C19H20FN3O4/c1-12(13-7-8-16(26-2)17(10-13)27-3)22-23-18(24)11-21-19(25)14-5-4-6-15(20)9-14/h4-10H,11H2,1-3H3,(H,21,25)(H,23,24). The first-order valence-electron chi connectivity index (χ1n) is 8.04. The van der Waals surface area contributed by atoms with Crippen LogP contribution in [0, 0.1) is 5.82 Å². The number of hydrogen-bond donors (Lipinski definition) is 2. The summed E-state index contributed by atoms with van der Waals surface area (Å²) >= 11 is 0. The average Bonchev–Trinajstić information content (AvgIpc) is 2.69. The fourth-order valence-electron chi connectivity index (χ4n) is 2.20. The third-order valence-corrected chi connectivity index (χ3v) is 3.65. The van der Waals surface area contributed by atoms with Crippen LogP contribution in [0.5, 0.6) is 11.5 Å². The normalized spacial score (nSPS) is 10.9. The lowest BCUT2D eigenvalue weighted by atomic mass is 10.1. The maximum atomic E-state index is 13.1. The van der Waals surface area contributed by atoms with E-state index in [1.54, 1.807) is 25.1 Å². The van der Waals surface area contributed by atoms with Crippen molar-refractivity contribution in [3.8, 4) is 11.5 Å². The molecule has 27 heavy (non-hydrogen) atoms. The summed E-state index contributed by atoms with van der Waals surface area (Å²) in [6, 6.07) is 10.4. The van der Waals surface area contributed by atoms with Crippen LogP contribution in [0.25, 0.3) is 0 Å². The lowest BCUT2D eigenvalue weighted by Crippen LogP contribution is -2.35. The van der Waals surface area contributed by atoms with E-state index in [9.17, 15) is 14.0 Å². The van der Waals surface area contributed by atoms with Crippen LogP contribution in [0.15, 0.2) is 47.6 Å². The minimum atomic E-state index is -0.551. The van der Waals surface area contributed by atoms with Gasteiger partial charge in [0, 0.05) is 11.1 Å². The van der Waals surface area contributed by atoms with Crippen molar-refractivity contribution in [2.24, 2.45) is 5.10 Å². The zero-order valence-corrected chi connectivity index (χ0v) is 15.2. The van der Waals surface area contributed by atoms with Gasteiger partial charge >= 0.3 is 0 Å². The molecule has 2 aromatic carbocycles. The first-order valence-corrected chi connectivity index (χ1v) is 8.04. The minimum Gasteiger partial charge on any atom is -0.493 e. The van der Waals surface area contributed by atoms with Crippen LogP contribution < -0.4 is 20.2 Å². The van der Waals surface area contributed by atoms with Crippen LogP contribution in [0.4, 0.5) is 4.39 Å². The summed E-state index contributed by atoms with van der Waals surface area (Å²) in [4.78, 5) is 23.7. The molecular weight excluding hydrogens is 353 g/mol. The molecule has 0 heterocycles. The van der Waals surface area contributed by atoms with E-state index in [-0.39, 0.29) is 12.1 Å². The second-order valence-corrected chi connectivity index (χ2v) is 5.49. The topological polar surface area (TPSA) is 89.0 Å². The van der Waals surface area contributed by atoms with Gasteiger partial charge in [-0.3, -0.25) is 9.59 Å². The van der Waals surface area contributed by atoms with E-state index >= 15 is 0 Å². The molecule has 0 saturated carbocycles. The lowest BCUT2D eigenvalue weighted by Gasteiger charge is -2.09. The highest BCUT2D eigenvalue weighted by Crippen LogP contribution is 2.27. The van der Waals surface area contributed by atoms with E-state index < -0.39 is 17.6 Å². The van der Waals surface area contributed by atoms with E-state index in [0.29, 0.717) is 17.2 Å². The fraction of sp³-hybridized carbons (Fsp3) is 0.211. The van der Waals surface area contributed by atoms with Gasteiger partial charge in [0.25, 0.3) is 11.8 Å². The summed E-state index contributed by atoms with van der Waals surface area (Å²) in [5, 5.41) is 6.40. The smallest absolute Gasteiger partial charge is 0.259 e. The Balaban J connectivity index is 1.93. The minimum absolute atomic E-state index is 0.132. The average molecular weight is 373 g/mol. The molecule has 2 amide bonds. The lowest BCUT2D eigenvalue weighted by molar-refractivity contribution is -0.120. The van der Waals surface area contributed by atoms with Crippen LogP contribution in [0.3, 0.4) is 0 Å². The summed E-state index contributed by atoms with van der Waals surface area (Å²) < 4.78 is 23.5. The van der Waals surface area contributed by atoms with Gasteiger partial charge in [0.15, 0.2) is 11.5 Å². The molecule has 0 radical (unpaired) electrons. The van der Waals surface area contributed by atoms with Gasteiger partial charge in [0.1, 0.15) is 5.82 Å². The van der Waals surface area contributed by atoms with Crippen molar-refractivity contribution in [1.29, 1.82) is 0 Å². The zero-order chi connectivity index (χ0) is 19.8. The number of rotatable bonds is 7. The number of benzene rings is 2. The van der Waals surface area contributed by atoms with Gasteiger partial charge in [-0.05, 0) is 43.3 Å². The van der Waals surface area contributed by atoms with Crippen molar-refractivity contribution in [3.63, 3.8) is 0 Å². The zero-order valence-electron chi connectivity index (χ0n) is 15.2. The van der Waals surface area contributed by atoms with E-state index in [2.05, 4.69) is 15.8 Å². The van der Waals surface area contributed by atoms with Gasteiger partial charge in [0.05, 0.1) is 26.5 Å². The number of nitrogens with one attached hydrogen (secondary N) is 2. The van der Waals surface area contributed by atoms with Gasteiger partial charge in [-0.2, -0.15) is 5.10 Å². The Hall–Kier alpha value is -3.42. The highest BCUT2D eigenvalue weighted by molar-refractivity contribution is 6.00. The van der Waals surface area contributed by atoms with Crippen molar-refractivity contribution < 1.29 is 23.5 Å². The molecule has 142 valence electrons. The molecule has 2 N–H and O–H groups in total. The van der Waals surface area contributed by atoms with Gasteiger partial charge in [0.2, 0.25) is 0 Å². The van der Waals surface area contributed by atoms with Crippen LogP contribution in [-0.2, 0) is 4.79 Å². The highest BCUT2D eigenvalue weighted by atomic mass is 19.1. The number of carbonyl (C=O) groups excluding carboxylic acids is 2. The molecule has 0 bridgehead atoms. The molecule has 7 nitrogen and oxygen atoms in total. The molecule has 0 aliphatic heterocycles. The third kappa shape index (κ3) is 5.53. The molecule has 0 fully saturated rings. The van der Waals surface area contributed by atoms with Crippen molar-refractivity contribution in [3.05, 3.63) is 59.4 Å². The maximum Gasteiger partial charge on any atom is 0.259 e. The monoisotopic (exact) mass is 373 g/mol. The molecule has 8 heteroatoms. The van der Waals surface area contributed by atoms with Crippen molar-refractivity contribution in [1.82, 2.24) is 10.7 Å². The second kappa shape index (κ2) is 9.33. The Morgan fingerprint density at radius 3 is 2.44 bits per heavy atom. The summed E-state index contributed by atoms with van der Waals surface area (Å²) in [5.74, 6) is -0.469. The molecule has 0 spiro atoms. The first-order chi connectivity index (χ1) is 12.9. The Morgan fingerprint density at radius 2 is 1.78 bits per heavy atom. The largest absolute Gasteiger partial charge is 0.493 e. The predicted octanol–water partition coefficient (Wildman–Crippen LogP) is 2.11. The molecule has 0 aliphatic rings. The Bertz CT molecular complexity index is 868. The van der Waals surface area contributed by atoms with Crippen LogP contribution in [0.1, 0.15) is 22.8 Å². The maximum absolute atomic E-state index is 13.1. The first kappa shape index (κ1) is 19.9. The number of nitrogens with zero attached hydrogens (tertiary/aromatic N) is 1. The summed E-state index contributed by atoms with van der Waals surface area (Å²) in [5.41, 5.74) is 3.76. The SMILES string of the molecule is COc1ccc(C(C)=NNC(=O)CNC(=O)c2cccc(F)c2)cc1OC. The second-order valence-electron chi connectivity index (χ2n) is 5.49. The van der Waals surface area contributed by atoms with Gasteiger partial charge in [-0.25, -0.2) is 9.82 Å². The summed E-state index contributed by atoms with van der Waals surface area (Å²) in [7, 11) is 3.06.